The van der Waals surface area contributed by atoms with Crippen LogP contribution in [0.15, 0.2) is 18.2 Å². The molecule has 1 unspecified atom stereocenters. The van der Waals surface area contributed by atoms with E-state index in [1.807, 2.05) is 12.1 Å². The molecular formula is C14H17ClN2O. The summed E-state index contributed by atoms with van der Waals surface area (Å²) in [6, 6.07) is 7.66. The Balaban J connectivity index is 2.22. The van der Waals surface area contributed by atoms with Crippen LogP contribution in [-0.2, 0) is 4.74 Å². The summed E-state index contributed by atoms with van der Waals surface area (Å²) in [6.07, 6.45) is 0.980. The normalized spacial score (nSPS) is 23.8. The van der Waals surface area contributed by atoms with E-state index in [1.165, 1.54) is 0 Å². The van der Waals surface area contributed by atoms with Gasteiger partial charge in [0.15, 0.2) is 0 Å². The van der Waals surface area contributed by atoms with Crippen LogP contribution in [0.25, 0.3) is 0 Å². The van der Waals surface area contributed by atoms with Gasteiger partial charge in [-0.1, -0.05) is 18.5 Å². The third kappa shape index (κ3) is 2.60. The van der Waals surface area contributed by atoms with Gasteiger partial charge in [-0.05, 0) is 31.5 Å². The number of nitriles is 1. The fourth-order valence-corrected chi connectivity index (χ4v) is 2.37. The van der Waals surface area contributed by atoms with Gasteiger partial charge in [0.2, 0.25) is 0 Å². The average Bonchev–Trinajstić information content (AvgIpc) is 2.39. The van der Waals surface area contributed by atoms with Gasteiger partial charge in [-0.15, -0.1) is 0 Å². The standard InChI is InChI=1S/C14H17ClN2O/c1-3-14(2)10-17(6-7-18-14)12-5-4-11(9-16)13(15)8-12/h4-5,8H,3,6-7,10H2,1-2H3. The van der Waals surface area contributed by atoms with Gasteiger partial charge < -0.3 is 9.64 Å². The van der Waals surface area contributed by atoms with Gasteiger partial charge >= 0.3 is 0 Å². The van der Waals surface area contributed by atoms with Crippen molar-refractivity contribution in [2.75, 3.05) is 24.6 Å². The fourth-order valence-electron chi connectivity index (χ4n) is 2.16. The molecule has 3 nitrogen and oxygen atoms in total. The first-order valence-corrected chi connectivity index (χ1v) is 6.54. The maximum atomic E-state index is 8.87. The Hall–Kier alpha value is -1.24. The molecule has 1 atom stereocenters. The predicted molar refractivity (Wildman–Crippen MR) is 73.0 cm³/mol. The lowest BCUT2D eigenvalue weighted by Gasteiger charge is -2.41. The molecule has 96 valence electrons. The number of hydrogen-bond acceptors (Lipinski definition) is 3. The minimum absolute atomic E-state index is 0.0986. The average molecular weight is 265 g/mol. The number of hydrogen-bond donors (Lipinski definition) is 0. The van der Waals surface area contributed by atoms with Gasteiger partial charge in [-0.3, -0.25) is 0 Å². The number of nitrogens with zero attached hydrogens (tertiary/aromatic N) is 2. The number of ether oxygens (including phenoxy) is 1. The van der Waals surface area contributed by atoms with Crippen LogP contribution in [0.3, 0.4) is 0 Å². The molecule has 2 rings (SSSR count). The molecule has 0 saturated carbocycles. The second-order valence-corrected chi connectivity index (χ2v) is 5.26. The van der Waals surface area contributed by atoms with E-state index in [0.717, 1.165) is 31.8 Å². The number of benzene rings is 1. The summed E-state index contributed by atoms with van der Waals surface area (Å²) in [5.41, 5.74) is 1.48. The molecule has 4 heteroatoms. The highest BCUT2D eigenvalue weighted by Gasteiger charge is 2.30. The van der Waals surface area contributed by atoms with Gasteiger partial charge in [-0.25, -0.2) is 0 Å². The largest absolute Gasteiger partial charge is 0.372 e. The monoisotopic (exact) mass is 264 g/mol. The zero-order chi connectivity index (χ0) is 13.2. The molecule has 0 bridgehead atoms. The lowest BCUT2D eigenvalue weighted by Crippen LogP contribution is -2.49. The van der Waals surface area contributed by atoms with Crippen molar-refractivity contribution in [1.29, 1.82) is 5.26 Å². The second kappa shape index (κ2) is 5.17. The Morgan fingerprint density at radius 1 is 1.56 bits per heavy atom. The minimum Gasteiger partial charge on any atom is -0.372 e. The van der Waals surface area contributed by atoms with E-state index in [2.05, 4.69) is 24.8 Å². The van der Waals surface area contributed by atoms with Gasteiger partial charge in [-0.2, -0.15) is 5.26 Å². The van der Waals surface area contributed by atoms with E-state index in [4.69, 9.17) is 21.6 Å². The molecule has 0 spiro atoms. The minimum atomic E-state index is -0.0986. The highest BCUT2D eigenvalue weighted by molar-refractivity contribution is 6.32. The molecule has 18 heavy (non-hydrogen) atoms. The lowest BCUT2D eigenvalue weighted by atomic mass is 10.0. The van der Waals surface area contributed by atoms with E-state index in [9.17, 15) is 0 Å². The maximum Gasteiger partial charge on any atom is 0.101 e. The highest BCUT2D eigenvalue weighted by Crippen LogP contribution is 2.28. The predicted octanol–water partition coefficient (Wildman–Crippen LogP) is 3.22. The second-order valence-electron chi connectivity index (χ2n) is 4.85. The Morgan fingerprint density at radius 3 is 2.94 bits per heavy atom. The van der Waals surface area contributed by atoms with Gasteiger partial charge in [0, 0.05) is 18.8 Å². The lowest BCUT2D eigenvalue weighted by molar-refractivity contribution is -0.0441. The Bertz CT molecular complexity index is 483. The smallest absolute Gasteiger partial charge is 0.101 e. The summed E-state index contributed by atoms with van der Waals surface area (Å²) >= 11 is 6.07. The van der Waals surface area contributed by atoms with E-state index >= 15 is 0 Å². The zero-order valence-corrected chi connectivity index (χ0v) is 11.5. The number of morpholine rings is 1. The summed E-state index contributed by atoms with van der Waals surface area (Å²) in [6.45, 7) is 6.70. The van der Waals surface area contributed by atoms with Crippen LogP contribution in [0.5, 0.6) is 0 Å². The van der Waals surface area contributed by atoms with Crippen molar-refractivity contribution in [3.8, 4) is 6.07 Å². The molecule has 0 radical (unpaired) electrons. The van der Waals surface area contributed by atoms with Crippen LogP contribution >= 0.6 is 11.6 Å². The molecule has 1 fully saturated rings. The molecule has 1 aliphatic rings. The van der Waals surface area contributed by atoms with Crippen molar-refractivity contribution in [3.05, 3.63) is 28.8 Å². The molecule has 0 N–H and O–H groups in total. The molecule has 1 aliphatic heterocycles. The molecule has 1 aromatic carbocycles. The summed E-state index contributed by atoms with van der Waals surface area (Å²) in [5.74, 6) is 0. The quantitative estimate of drug-likeness (QED) is 0.823. The first-order chi connectivity index (χ1) is 8.58. The van der Waals surface area contributed by atoms with Gasteiger partial charge in [0.05, 0.1) is 22.8 Å². The molecule has 1 saturated heterocycles. The highest BCUT2D eigenvalue weighted by atomic mass is 35.5. The van der Waals surface area contributed by atoms with Crippen molar-refractivity contribution in [1.82, 2.24) is 0 Å². The Morgan fingerprint density at radius 2 is 2.33 bits per heavy atom. The van der Waals surface area contributed by atoms with Crippen molar-refractivity contribution in [3.63, 3.8) is 0 Å². The molecule has 1 aromatic rings. The van der Waals surface area contributed by atoms with Gasteiger partial charge in [0.25, 0.3) is 0 Å². The Kier molecular flexibility index (Phi) is 3.79. The first-order valence-electron chi connectivity index (χ1n) is 6.16. The van der Waals surface area contributed by atoms with Crippen LogP contribution in [0.4, 0.5) is 5.69 Å². The molecule has 0 aliphatic carbocycles. The first kappa shape index (κ1) is 13.2. The molecule has 0 aromatic heterocycles. The van der Waals surface area contributed by atoms with Crippen LogP contribution in [0.1, 0.15) is 25.8 Å². The number of halogens is 1. The SMILES string of the molecule is CCC1(C)CN(c2ccc(C#N)c(Cl)c2)CCO1. The fraction of sp³-hybridized carbons (Fsp3) is 0.500. The molecule has 1 heterocycles. The summed E-state index contributed by atoms with van der Waals surface area (Å²) in [5, 5.41) is 9.39. The van der Waals surface area contributed by atoms with Gasteiger partial charge in [0.1, 0.15) is 6.07 Å². The number of anilines is 1. The number of rotatable bonds is 2. The van der Waals surface area contributed by atoms with E-state index in [-0.39, 0.29) is 5.60 Å². The van der Waals surface area contributed by atoms with Crippen LogP contribution in [0.2, 0.25) is 5.02 Å². The van der Waals surface area contributed by atoms with E-state index in [0.29, 0.717) is 10.6 Å². The maximum absolute atomic E-state index is 8.87. The van der Waals surface area contributed by atoms with Crippen LogP contribution in [0, 0.1) is 11.3 Å². The third-order valence-corrected chi connectivity index (χ3v) is 3.84. The van der Waals surface area contributed by atoms with Crippen molar-refractivity contribution < 1.29 is 4.74 Å². The van der Waals surface area contributed by atoms with Crippen LogP contribution in [-0.4, -0.2) is 25.3 Å². The van der Waals surface area contributed by atoms with Crippen molar-refractivity contribution in [2.45, 2.75) is 25.9 Å². The zero-order valence-electron chi connectivity index (χ0n) is 10.7. The van der Waals surface area contributed by atoms with Crippen molar-refractivity contribution in [2.24, 2.45) is 0 Å². The summed E-state index contributed by atoms with van der Waals surface area (Å²) in [7, 11) is 0. The van der Waals surface area contributed by atoms with Crippen LogP contribution < -0.4 is 4.90 Å². The Labute approximate surface area is 113 Å². The molecule has 0 amide bonds. The summed E-state index contributed by atoms with van der Waals surface area (Å²) < 4.78 is 5.81. The topological polar surface area (TPSA) is 36.3 Å². The third-order valence-electron chi connectivity index (χ3n) is 3.52. The van der Waals surface area contributed by atoms with Crippen molar-refractivity contribution >= 4 is 17.3 Å². The van der Waals surface area contributed by atoms with E-state index < -0.39 is 0 Å². The van der Waals surface area contributed by atoms with E-state index in [1.54, 1.807) is 6.07 Å². The summed E-state index contributed by atoms with van der Waals surface area (Å²) in [4.78, 5) is 2.26. The molecular weight excluding hydrogens is 248 g/mol.